The summed E-state index contributed by atoms with van der Waals surface area (Å²) in [5.41, 5.74) is -3.38. The van der Waals surface area contributed by atoms with E-state index in [-0.39, 0.29) is 12.4 Å². The maximum Gasteiger partial charge on any atom is 0.330 e. The Morgan fingerprint density at radius 1 is 1.17 bits per heavy atom. The first-order chi connectivity index (χ1) is 20.0. The summed E-state index contributed by atoms with van der Waals surface area (Å²) in [6.07, 6.45) is -3.76. The summed E-state index contributed by atoms with van der Waals surface area (Å²) < 4.78 is 51.2. The van der Waals surface area contributed by atoms with Gasteiger partial charge in [0.15, 0.2) is 11.9 Å². The number of hydroxylamine groups is 1. The van der Waals surface area contributed by atoms with Crippen LogP contribution < -0.4 is 20.8 Å². The molecule has 0 saturated carbocycles. The molecule has 4 rings (SSSR count). The average molecular weight is 608 g/mol. The minimum Gasteiger partial charge on any atom is -0.497 e. The van der Waals surface area contributed by atoms with Crippen LogP contribution in [-0.2, 0) is 30.0 Å². The van der Waals surface area contributed by atoms with Crippen LogP contribution in [0.5, 0.6) is 11.5 Å². The number of nitrogens with one attached hydrogen (secondary N) is 1. The lowest BCUT2D eigenvalue weighted by atomic mass is 9.98. The number of hydrogen-bond acceptors (Lipinski definition) is 10. The summed E-state index contributed by atoms with van der Waals surface area (Å²) in [5, 5.41) is 10.6. The van der Waals surface area contributed by atoms with E-state index < -0.39 is 62.2 Å². The molecule has 2 aromatic carbocycles. The van der Waals surface area contributed by atoms with Crippen molar-refractivity contribution < 1.29 is 42.4 Å². The van der Waals surface area contributed by atoms with Crippen molar-refractivity contribution >= 4 is 14.1 Å². The van der Waals surface area contributed by atoms with Crippen LogP contribution >= 0.6 is 8.18 Å². The highest BCUT2D eigenvalue weighted by Crippen LogP contribution is 2.42. The second kappa shape index (κ2) is 13.4. The number of aliphatic hydroxyl groups excluding tert-OH is 1. The van der Waals surface area contributed by atoms with Crippen LogP contribution in [0, 0.1) is 0 Å². The second-order valence-corrected chi connectivity index (χ2v) is 10.8. The van der Waals surface area contributed by atoms with Crippen LogP contribution in [-0.4, -0.2) is 63.1 Å². The zero-order valence-electron chi connectivity index (χ0n) is 23.0. The van der Waals surface area contributed by atoms with Crippen LogP contribution in [0.4, 0.5) is 4.39 Å². The van der Waals surface area contributed by atoms with Gasteiger partial charge in [-0.25, -0.2) is 9.18 Å². The van der Waals surface area contributed by atoms with Crippen molar-refractivity contribution in [3.8, 4) is 11.5 Å². The summed E-state index contributed by atoms with van der Waals surface area (Å²) in [7, 11) is -1.92. The van der Waals surface area contributed by atoms with E-state index in [1.54, 1.807) is 36.4 Å². The fourth-order valence-electron chi connectivity index (χ4n) is 4.15. The highest BCUT2D eigenvalue weighted by atomic mass is 31.1. The van der Waals surface area contributed by atoms with Crippen molar-refractivity contribution in [3.05, 3.63) is 93.3 Å². The van der Waals surface area contributed by atoms with Gasteiger partial charge in [-0.15, -0.1) is 0 Å². The SMILES string of the molecule is COc1ccc(ON(C(C)C(=O)OCc2ccccc2)[PH](=O)OC[C@H]2O[C@@H](n3ccc(=O)[nH]c3=O)[C@](C)(F)[C@@H]2O)cc1. The number of hydrogen-bond donors (Lipinski definition) is 2. The third kappa shape index (κ3) is 7.15. The van der Waals surface area contributed by atoms with Crippen molar-refractivity contribution in [2.24, 2.45) is 0 Å². The van der Waals surface area contributed by atoms with Gasteiger partial charge in [-0.05, 0) is 43.7 Å². The summed E-state index contributed by atoms with van der Waals surface area (Å²) in [5.74, 6) is -0.0299. The molecule has 1 aliphatic heterocycles. The number of halogens is 1. The van der Waals surface area contributed by atoms with Gasteiger partial charge in [0.2, 0.25) is 0 Å². The topological polar surface area (TPSA) is 159 Å². The molecule has 3 aromatic rings. The molecule has 0 radical (unpaired) electrons. The summed E-state index contributed by atoms with van der Waals surface area (Å²) in [4.78, 5) is 45.1. The van der Waals surface area contributed by atoms with E-state index in [1.165, 1.54) is 26.2 Å². The zero-order valence-corrected chi connectivity index (χ0v) is 24.0. The molecular weight excluding hydrogens is 576 g/mol. The van der Waals surface area contributed by atoms with Crippen molar-refractivity contribution in [3.63, 3.8) is 0 Å². The van der Waals surface area contributed by atoms with E-state index in [1.807, 2.05) is 11.1 Å². The lowest BCUT2D eigenvalue weighted by Gasteiger charge is -2.27. The first-order valence-corrected chi connectivity index (χ1v) is 14.1. The largest absolute Gasteiger partial charge is 0.497 e. The van der Waals surface area contributed by atoms with Gasteiger partial charge in [0, 0.05) is 12.3 Å². The van der Waals surface area contributed by atoms with E-state index in [9.17, 15) is 24.1 Å². The van der Waals surface area contributed by atoms with Gasteiger partial charge in [-0.1, -0.05) is 35.2 Å². The fraction of sp³-hybridized carbons (Fsp3) is 0.370. The minimum atomic E-state index is -3.41. The monoisotopic (exact) mass is 607 g/mol. The molecule has 13 nitrogen and oxygen atoms in total. The maximum atomic E-state index is 15.5. The molecule has 0 bridgehead atoms. The number of aromatic nitrogens is 2. The predicted octanol–water partition coefficient (Wildman–Crippen LogP) is 2.37. The highest BCUT2D eigenvalue weighted by molar-refractivity contribution is 7.36. The molecule has 6 atom stereocenters. The Morgan fingerprint density at radius 3 is 2.48 bits per heavy atom. The first kappa shape index (κ1) is 31.1. The molecule has 226 valence electrons. The number of benzene rings is 2. The molecule has 15 heteroatoms. The van der Waals surface area contributed by atoms with Crippen molar-refractivity contribution in [1.82, 2.24) is 14.4 Å². The number of nitrogens with zero attached hydrogens (tertiary/aromatic N) is 2. The second-order valence-electron chi connectivity index (χ2n) is 9.58. The summed E-state index contributed by atoms with van der Waals surface area (Å²) in [6.45, 7) is 1.79. The Labute approximate surface area is 240 Å². The maximum absolute atomic E-state index is 15.5. The van der Waals surface area contributed by atoms with Gasteiger partial charge < -0.3 is 28.7 Å². The Bertz CT molecular complexity index is 1500. The Hall–Kier alpha value is -3.81. The molecule has 2 N–H and O–H groups in total. The molecular formula is C27H31FN3O10P. The van der Waals surface area contributed by atoms with Gasteiger partial charge in [-0.3, -0.25) is 23.7 Å². The van der Waals surface area contributed by atoms with Gasteiger partial charge in [0.05, 0.1) is 13.7 Å². The number of carbonyl (C=O) groups is 1. The summed E-state index contributed by atoms with van der Waals surface area (Å²) >= 11 is 0. The first-order valence-electron chi connectivity index (χ1n) is 12.8. The average Bonchev–Trinajstić information content (AvgIpc) is 3.21. The number of alkyl halides is 1. The highest BCUT2D eigenvalue weighted by Gasteiger charge is 2.55. The van der Waals surface area contributed by atoms with E-state index in [0.717, 1.165) is 34.2 Å². The molecule has 0 amide bonds. The number of rotatable bonds is 12. The number of aromatic amines is 1. The van der Waals surface area contributed by atoms with Crippen molar-refractivity contribution in [2.75, 3.05) is 13.7 Å². The molecule has 1 aliphatic rings. The molecule has 2 heterocycles. The van der Waals surface area contributed by atoms with Crippen LogP contribution in [0.3, 0.4) is 0 Å². The standard InChI is InChI=1S/C27H31FN3O10P/c1-17(24(34)38-15-18-7-5-4-6-8-18)31(41-20-11-9-19(37-3)10-12-20)42(36)39-16-21-23(33)27(2,28)25(40-21)30-14-13-22(32)29-26(30)35/h4-14,17,21,23,25,33,42H,15-16H2,1-3H3,(H,29,32,35)/t17?,21-,23-,25-,27-/m1/s1. The molecule has 0 aliphatic carbocycles. The number of methoxy groups -OCH3 is 1. The Morgan fingerprint density at radius 2 is 1.83 bits per heavy atom. The Kier molecular flexibility index (Phi) is 9.97. The van der Waals surface area contributed by atoms with Crippen LogP contribution in [0.1, 0.15) is 25.6 Å². The zero-order chi connectivity index (χ0) is 30.4. The number of esters is 1. The number of carbonyl (C=O) groups excluding carboxylic acids is 1. The number of aliphatic hydroxyl groups is 1. The Balaban J connectivity index is 1.48. The van der Waals surface area contributed by atoms with Crippen LogP contribution in [0.2, 0.25) is 0 Å². The summed E-state index contributed by atoms with van der Waals surface area (Å²) in [6, 6.07) is 14.9. The number of ether oxygens (including phenoxy) is 3. The van der Waals surface area contributed by atoms with E-state index in [0.29, 0.717) is 5.75 Å². The molecule has 42 heavy (non-hydrogen) atoms. The van der Waals surface area contributed by atoms with Crippen molar-refractivity contribution in [1.29, 1.82) is 0 Å². The van der Waals surface area contributed by atoms with Crippen LogP contribution in [0.15, 0.2) is 76.4 Å². The minimum absolute atomic E-state index is 0.0368. The molecule has 2 unspecified atom stereocenters. The van der Waals surface area contributed by atoms with Gasteiger partial charge in [0.25, 0.3) is 13.7 Å². The predicted molar refractivity (Wildman–Crippen MR) is 147 cm³/mol. The third-order valence-corrected chi connectivity index (χ3v) is 7.80. The lowest BCUT2D eigenvalue weighted by Crippen LogP contribution is -2.43. The van der Waals surface area contributed by atoms with E-state index in [4.69, 9.17) is 23.6 Å². The van der Waals surface area contributed by atoms with Gasteiger partial charge in [-0.2, -0.15) is 0 Å². The van der Waals surface area contributed by atoms with E-state index >= 15 is 4.39 Å². The van der Waals surface area contributed by atoms with Crippen LogP contribution in [0.25, 0.3) is 0 Å². The van der Waals surface area contributed by atoms with E-state index in [2.05, 4.69) is 0 Å². The number of H-pyrrole nitrogens is 1. The molecule has 0 spiro atoms. The normalized spacial score (nSPS) is 23.3. The van der Waals surface area contributed by atoms with Gasteiger partial charge >= 0.3 is 11.7 Å². The quantitative estimate of drug-likeness (QED) is 0.177. The fourth-order valence-corrected chi connectivity index (χ4v) is 5.18. The smallest absolute Gasteiger partial charge is 0.330 e. The van der Waals surface area contributed by atoms with Crippen molar-refractivity contribution in [2.45, 2.75) is 50.6 Å². The molecule has 1 fully saturated rings. The lowest BCUT2D eigenvalue weighted by molar-refractivity contribution is -0.156. The third-order valence-electron chi connectivity index (χ3n) is 6.55. The molecule has 1 saturated heterocycles. The van der Waals surface area contributed by atoms with Gasteiger partial charge in [0.1, 0.15) is 36.4 Å². The molecule has 1 aromatic heterocycles.